The highest BCUT2D eigenvalue weighted by Crippen LogP contribution is 2.05. The maximum absolute atomic E-state index is 3.87. The number of aromatic nitrogens is 2. The van der Waals surface area contributed by atoms with Crippen molar-refractivity contribution in [2.75, 3.05) is 0 Å². The molecule has 0 aliphatic carbocycles. The van der Waals surface area contributed by atoms with Gasteiger partial charge in [0.2, 0.25) is 5.95 Å². The zero-order valence-electron chi connectivity index (χ0n) is 4.99. The van der Waals surface area contributed by atoms with E-state index in [4.69, 9.17) is 0 Å². The molecule has 0 spiro atoms. The molecule has 0 saturated carbocycles. The lowest BCUT2D eigenvalue weighted by molar-refractivity contribution is 1.12. The minimum Gasteiger partial charge on any atom is -0.292 e. The summed E-state index contributed by atoms with van der Waals surface area (Å²) in [6, 6.07) is 0. The standard InChI is InChI=1S/C6H7N3/c1-3-9-5-4-8-6(9)7-2/h3-5H,1-2H2. The molecule has 46 valence electrons. The summed E-state index contributed by atoms with van der Waals surface area (Å²) in [6.45, 7) is 6.88. The Morgan fingerprint density at radius 3 is 3.00 bits per heavy atom. The summed E-state index contributed by atoms with van der Waals surface area (Å²) >= 11 is 0. The second-order valence-corrected chi connectivity index (χ2v) is 1.48. The zero-order chi connectivity index (χ0) is 6.69. The highest BCUT2D eigenvalue weighted by atomic mass is 15.1. The zero-order valence-corrected chi connectivity index (χ0v) is 4.99. The van der Waals surface area contributed by atoms with Crippen molar-refractivity contribution in [2.24, 2.45) is 4.99 Å². The lowest BCUT2D eigenvalue weighted by Crippen LogP contribution is -1.79. The Morgan fingerprint density at radius 1 is 1.78 bits per heavy atom. The molecule has 0 N–H and O–H groups in total. The van der Waals surface area contributed by atoms with Gasteiger partial charge in [-0.15, -0.1) is 0 Å². The van der Waals surface area contributed by atoms with Gasteiger partial charge in [-0.25, -0.2) is 9.98 Å². The molecular formula is C6H7N3. The van der Waals surface area contributed by atoms with Crippen LogP contribution in [0.25, 0.3) is 6.20 Å². The second-order valence-electron chi connectivity index (χ2n) is 1.48. The summed E-state index contributed by atoms with van der Waals surface area (Å²) in [4.78, 5) is 7.50. The molecule has 1 aromatic rings. The molecule has 0 aliphatic rings. The van der Waals surface area contributed by atoms with Gasteiger partial charge in [0.25, 0.3) is 0 Å². The summed E-state index contributed by atoms with van der Waals surface area (Å²) in [7, 11) is 0. The van der Waals surface area contributed by atoms with E-state index in [1.54, 1.807) is 23.2 Å². The molecule has 0 bridgehead atoms. The summed E-state index contributed by atoms with van der Waals surface area (Å²) in [5, 5.41) is 0. The predicted molar refractivity (Wildman–Crippen MR) is 37.8 cm³/mol. The van der Waals surface area contributed by atoms with Crippen LogP contribution in [0.15, 0.2) is 24.0 Å². The second kappa shape index (κ2) is 2.26. The van der Waals surface area contributed by atoms with Crippen molar-refractivity contribution < 1.29 is 0 Å². The van der Waals surface area contributed by atoms with Crippen LogP contribution in [0.1, 0.15) is 0 Å². The number of hydrogen-bond acceptors (Lipinski definition) is 2. The van der Waals surface area contributed by atoms with E-state index >= 15 is 0 Å². The van der Waals surface area contributed by atoms with Crippen molar-refractivity contribution in [1.82, 2.24) is 9.55 Å². The number of aliphatic imine (C=N–C) groups is 1. The molecule has 0 saturated heterocycles. The fraction of sp³-hybridized carbons (Fsp3) is 0. The first-order chi connectivity index (χ1) is 4.38. The highest BCUT2D eigenvalue weighted by molar-refractivity contribution is 5.39. The van der Waals surface area contributed by atoms with E-state index < -0.39 is 0 Å². The van der Waals surface area contributed by atoms with Crippen LogP contribution >= 0.6 is 0 Å². The Balaban J connectivity index is 3.12. The number of nitrogens with zero attached hydrogens (tertiary/aromatic N) is 3. The fourth-order valence-corrected chi connectivity index (χ4v) is 0.570. The van der Waals surface area contributed by atoms with Gasteiger partial charge < -0.3 is 0 Å². The van der Waals surface area contributed by atoms with Crippen LogP contribution in [0.4, 0.5) is 5.95 Å². The van der Waals surface area contributed by atoms with Crippen molar-refractivity contribution in [2.45, 2.75) is 0 Å². The molecule has 3 heteroatoms. The Morgan fingerprint density at radius 2 is 2.56 bits per heavy atom. The summed E-state index contributed by atoms with van der Waals surface area (Å²) < 4.78 is 1.69. The van der Waals surface area contributed by atoms with Crippen molar-refractivity contribution in [3.8, 4) is 0 Å². The van der Waals surface area contributed by atoms with Gasteiger partial charge in [-0.3, -0.25) is 4.57 Å². The maximum Gasteiger partial charge on any atom is 0.233 e. The average Bonchev–Trinajstić information content (AvgIpc) is 2.33. The molecule has 1 rings (SSSR count). The van der Waals surface area contributed by atoms with Crippen molar-refractivity contribution >= 4 is 18.9 Å². The Hall–Kier alpha value is -1.38. The molecule has 0 unspecified atom stereocenters. The molecular weight excluding hydrogens is 114 g/mol. The minimum absolute atomic E-state index is 0.574. The van der Waals surface area contributed by atoms with Crippen LogP contribution in [0.5, 0.6) is 0 Å². The van der Waals surface area contributed by atoms with E-state index in [0.717, 1.165) is 0 Å². The molecule has 0 fully saturated rings. The first kappa shape index (κ1) is 5.75. The lowest BCUT2D eigenvalue weighted by atomic mass is 10.8. The topological polar surface area (TPSA) is 30.2 Å². The van der Waals surface area contributed by atoms with E-state index in [-0.39, 0.29) is 0 Å². The van der Waals surface area contributed by atoms with Crippen LogP contribution in [0.3, 0.4) is 0 Å². The molecule has 1 heterocycles. The van der Waals surface area contributed by atoms with Gasteiger partial charge in [0, 0.05) is 18.6 Å². The van der Waals surface area contributed by atoms with Gasteiger partial charge in [0.05, 0.1) is 0 Å². The van der Waals surface area contributed by atoms with Gasteiger partial charge in [0.15, 0.2) is 0 Å². The monoisotopic (exact) mass is 121 g/mol. The minimum atomic E-state index is 0.574. The third-order valence-electron chi connectivity index (χ3n) is 0.986. The molecule has 0 amide bonds. The van der Waals surface area contributed by atoms with E-state index in [1.807, 2.05) is 0 Å². The van der Waals surface area contributed by atoms with Gasteiger partial charge in [-0.2, -0.15) is 0 Å². The first-order valence-electron chi connectivity index (χ1n) is 2.50. The van der Waals surface area contributed by atoms with Crippen LogP contribution in [0.2, 0.25) is 0 Å². The molecule has 0 radical (unpaired) electrons. The van der Waals surface area contributed by atoms with Gasteiger partial charge in [-0.1, -0.05) is 6.58 Å². The maximum atomic E-state index is 3.87. The van der Waals surface area contributed by atoms with Crippen molar-refractivity contribution in [1.29, 1.82) is 0 Å². The fourth-order valence-electron chi connectivity index (χ4n) is 0.570. The van der Waals surface area contributed by atoms with Gasteiger partial charge in [-0.05, 0) is 6.72 Å². The summed E-state index contributed by atoms with van der Waals surface area (Å²) in [6.07, 6.45) is 5.03. The van der Waals surface area contributed by atoms with Gasteiger partial charge in [0.1, 0.15) is 0 Å². The Labute approximate surface area is 53.4 Å². The van der Waals surface area contributed by atoms with Crippen molar-refractivity contribution in [3.63, 3.8) is 0 Å². The lowest BCUT2D eigenvalue weighted by Gasteiger charge is -1.90. The molecule has 0 aliphatic heterocycles. The average molecular weight is 121 g/mol. The van der Waals surface area contributed by atoms with E-state index in [2.05, 4.69) is 23.3 Å². The Bertz CT molecular complexity index is 201. The highest BCUT2D eigenvalue weighted by Gasteiger charge is 1.91. The van der Waals surface area contributed by atoms with Crippen LogP contribution in [0, 0.1) is 0 Å². The van der Waals surface area contributed by atoms with Crippen LogP contribution < -0.4 is 0 Å². The van der Waals surface area contributed by atoms with Crippen molar-refractivity contribution in [3.05, 3.63) is 19.0 Å². The van der Waals surface area contributed by atoms with Gasteiger partial charge >= 0.3 is 0 Å². The SMILES string of the molecule is C=Cn1ccnc1N=C. The third kappa shape index (κ3) is 0.887. The molecule has 9 heavy (non-hydrogen) atoms. The largest absolute Gasteiger partial charge is 0.292 e. The molecule has 1 aromatic heterocycles. The van der Waals surface area contributed by atoms with Crippen LogP contribution in [-0.4, -0.2) is 16.3 Å². The van der Waals surface area contributed by atoms with E-state index in [0.29, 0.717) is 5.95 Å². The number of hydrogen-bond donors (Lipinski definition) is 0. The summed E-state index contributed by atoms with van der Waals surface area (Å²) in [5.74, 6) is 0.574. The van der Waals surface area contributed by atoms with E-state index in [1.165, 1.54) is 0 Å². The summed E-state index contributed by atoms with van der Waals surface area (Å²) in [5.41, 5.74) is 0. The quantitative estimate of drug-likeness (QED) is 0.542. The van der Waals surface area contributed by atoms with E-state index in [9.17, 15) is 0 Å². The molecule has 0 atom stereocenters. The first-order valence-corrected chi connectivity index (χ1v) is 2.50. The third-order valence-corrected chi connectivity index (χ3v) is 0.986. The number of rotatable bonds is 2. The normalized spacial score (nSPS) is 8.89. The predicted octanol–water partition coefficient (Wildman–Crippen LogP) is 1.32. The smallest absolute Gasteiger partial charge is 0.233 e. The Kier molecular flexibility index (Phi) is 1.44. The van der Waals surface area contributed by atoms with Crippen LogP contribution in [-0.2, 0) is 0 Å². The molecule has 3 nitrogen and oxygen atoms in total. The number of imidazole rings is 1. The molecule has 0 aromatic carbocycles.